The number of aryl methyl sites for hydroxylation is 1. The summed E-state index contributed by atoms with van der Waals surface area (Å²) < 4.78 is 0. The minimum atomic E-state index is 0.785. The third-order valence-electron chi connectivity index (χ3n) is 2.73. The molecule has 1 aromatic carbocycles. The minimum Gasteiger partial charge on any atom is -0.262 e. The van der Waals surface area contributed by atoms with Crippen LogP contribution in [0.2, 0.25) is 0 Å². The first-order valence-corrected chi connectivity index (χ1v) is 6.70. The summed E-state index contributed by atoms with van der Waals surface area (Å²) in [4.78, 5) is 5.62. The molecular weight excluding hydrogens is 242 g/mol. The molecule has 0 amide bonds. The lowest BCUT2D eigenvalue weighted by molar-refractivity contribution is 0.971. The van der Waals surface area contributed by atoms with Crippen LogP contribution in [0.3, 0.4) is 0 Å². The summed E-state index contributed by atoms with van der Waals surface area (Å²) in [6.45, 7) is 2.10. The van der Waals surface area contributed by atoms with Crippen molar-refractivity contribution in [3.63, 3.8) is 0 Å². The Kier molecular flexibility index (Phi) is 2.94. The van der Waals surface area contributed by atoms with E-state index in [0.29, 0.717) is 0 Å². The van der Waals surface area contributed by atoms with Gasteiger partial charge in [-0.3, -0.25) is 5.10 Å². The first-order valence-electron chi connectivity index (χ1n) is 5.82. The van der Waals surface area contributed by atoms with Crippen LogP contribution in [0.5, 0.6) is 0 Å². The van der Waals surface area contributed by atoms with E-state index in [1.165, 1.54) is 11.1 Å². The molecule has 2 heterocycles. The van der Waals surface area contributed by atoms with Gasteiger partial charge >= 0.3 is 0 Å². The van der Waals surface area contributed by atoms with E-state index in [1.807, 2.05) is 17.5 Å². The Bertz CT molecular complexity index is 641. The highest BCUT2D eigenvalue weighted by Gasteiger charge is 2.07. The number of benzene rings is 1. The van der Waals surface area contributed by atoms with Crippen molar-refractivity contribution in [2.24, 2.45) is 0 Å². The number of hydrogen-bond acceptors (Lipinski definition) is 3. The summed E-state index contributed by atoms with van der Waals surface area (Å²) in [5.41, 5.74) is 2.52. The quantitative estimate of drug-likeness (QED) is 0.779. The number of nitrogens with one attached hydrogen (secondary N) is 1. The summed E-state index contributed by atoms with van der Waals surface area (Å²) >= 11 is 1.65. The van der Waals surface area contributed by atoms with Gasteiger partial charge in [0.15, 0.2) is 5.82 Å². The van der Waals surface area contributed by atoms with Crippen LogP contribution >= 0.6 is 11.3 Å². The molecule has 4 heteroatoms. The summed E-state index contributed by atoms with van der Waals surface area (Å²) in [7, 11) is 0. The predicted octanol–water partition coefficient (Wildman–Crippen LogP) is 3.43. The lowest BCUT2D eigenvalue weighted by atomic mass is 10.1. The number of aromatic amines is 1. The van der Waals surface area contributed by atoms with Crippen LogP contribution < -0.4 is 0 Å². The van der Waals surface area contributed by atoms with Gasteiger partial charge in [0, 0.05) is 6.42 Å². The maximum absolute atomic E-state index is 4.52. The van der Waals surface area contributed by atoms with Crippen LogP contribution in [0.25, 0.3) is 10.7 Å². The van der Waals surface area contributed by atoms with E-state index in [0.717, 1.165) is 22.9 Å². The molecule has 1 N–H and O–H groups in total. The standard InChI is InChI=1S/C14H13N3S/c1-10-4-2-5-11(8-10)9-13-15-14(17-16-13)12-6-3-7-18-12/h2-8H,9H2,1H3,(H,15,16,17). The van der Waals surface area contributed by atoms with E-state index >= 15 is 0 Å². The van der Waals surface area contributed by atoms with E-state index in [2.05, 4.69) is 46.4 Å². The molecule has 0 aliphatic heterocycles. The lowest BCUT2D eigenvalue weighted by Crippen LogP contribution is -1.91. The lowest BCUT2D eigenvalue weighted by Gasteiger charge is -1.98. The Morgan fingerprint density at radius 2 is 2.17 bits per heavy atom. The molecule has 2 aromatic heterocycles. The van der Waals surface area contributed by atoms with Crippen LogP contribution in [-0.2, 0) is 6.42 Å². The second-order valence-corrected chi connectivity index (χ2v) is 5.20. The molecular formula is C14H13N3S. The van der Waals surface area contributed by atoms with Crippen molar-refractivity contribution in [1.29, 1.82) is 0 Å². The number of rotatable bonds is 3. The molecule has 3 rings (SSSR count). The fraction of sp³-hybridized carbons (Fsp3) is 0.143. The average molecular weight is 255 g/mol. The van der Waals surface area contributed by atoms with Gasteiger partial charge in [0.2, 0.25) is 0 Å². The third kappa shape index (κ3) is 2.33. The van der Waals surface area contributed by atoms with E-state index < -0.39 is 0 Å². The Hall–Kier alpha value is -1.94. The topological polar surface area (TPSA) is 41.6 Å². The van der Waals surface area contributed by atoms with Crippen molar-refractivity contribution in [1.82, 2.24) is 15.2 Å². The fourth-order valence-electron chi connectivity index (χ4n) is 1.91. The fourth-order valence-corrected chi connectivity index (χ4v) is 2.56. The van der Waals surface area contributed by atoms with E-state index in [-0.39, 0.29) is 0 Å². The van der Waals surface area contributed by atoms with Crippen molar-refractivity contribution in [2.75, 3.05) is 0 Å². The first-order chi connectivity index (χ1) is 8.81. The number of thiophene rings is 1. The maximum Gasteiger partial charge on any atom is 0.191 e. The van der Waals surface area contributed by atoms with Gasteiger partial charge in [-0.1, -0.05) is 35.9 Å². The third-order valence-corrected chi connectivity index (χ3v) is 3.59. The maximum atomic E-state index is 4.52. The van der Waals surface area contributed by atoms with Gasteiger partial charge in [0.05, 0.1) is 4.88 Å². The van der Waals surface area contributed by atoms with Gasteiger partial charge in [-0.05, 0) is 23.9 Å². The second kappa shape index (κ2) is 4.74. The molecule has 0 aliphatic carbocycles. The van der Waals surface area contributed by atoms with Gasteiger partial charge in [-0.25, -0.2) is 4.98 Å². The number of H-pyrrole nitrogens is 1. The molecule has 0 atom stereocenters. The van der Waals surface area contributed by atoms with Crippen molar-refractivity contribution >= 4 is 11.3 Å². The van der Waals surface area contributed by atoms with E-state index in [9.17, 15) is 0 Å². The molecule has 0 radical (unpaired) electrons. The summed E-state index contributed by atoms with van der Waals surface area (Å²) in [5.74, 6) is 1.69. The van der Waals surface area contributed by atoms with Gasteiger partial charge < -0.3 is 0 Å². The molecule has 90 valence electrons. The first kappa shape index (κ1) is 11.2. The number of hydrogen-bond donors (Lipinski definition) is 1. The Morgan fingerprint density at radius 1 is 1.22 bits per heavy atom. The van der Waals surface area contributed by atoms with Crippen molar-refractivity contribution in [3.8, 4) is 10.7 Å². The SMILES string of the molecule is Cc1cccc(Cc2nc(-c3cccs3)n[nH]2)c1. The number of aromatic nitrogens is 3. The monoisotopic (exact) mass is 255 g/mol. The Balaban J connectivity index is 1.82. The van der Waals surface area contributed by atoms with Gasteiger partial charge in [0.25, 0.3) is 0 Å². The molecule has 0 fully saturated rings. The predicted molar refractivity (Wildman–Crippen MR) is 73.7 cm³/mol. The molecule has 0 saturated carbocycles. The molecule has 18 heavy (non-hydrogen) atoms. The van der Waals surface area contributed by atoms with Crippen LogP contribution in [0.1, 0.15) is 17.0 Å². The van der Waals surface area contributed by atoms with Crippen LogP contribution in [0, 0.1) is 6.92 Å². The molecule has 0 aliphatic rings. The van der Waals surface area contributed by atoms with Gasteiger partial charge in [-0.15, -0.1) is 11.3 Å². The highest BCUT2D eigenvalue weighted by molar-refractivity contribution is 7.13. The van der Waals surface area contributed by atoms with Gasteiger partial charge in [-0.2, -0.15) is 5.10 Å². The van der Waals surface area contributed by atoms with E-state index in [1.54, 1.807) is 11.3 Å². The highest BCUT2D eigenvalue weighted by atomic mass is 32.1. The summed E-state index contributed by atoms with van der Waals surface area (Å²) in [6.07, 6.45) is 0.792. The Labute approximate surface area is 110 Å². The van der Waals surface area contributed by atoms with Crippen molar-refractivity contribution in [3.05, 3.63) is 58.7 Å². The summed E-state index contributed by atoms with van der Waals surface area (Å²) in [5, 5.41) is 9.29. The molecule has 0 saturated heterocycles. The van der Waals surface area contributed by atoms with Crippen molar-refractivity contribution < 1.29 is 0 Å². The van der Waals surface area contributed by atoms with E-state index in [4.69, 9.17) is 0 Å². The smallest absolute Gasteiger partial charge is 0.191 e. The molecule has 0 spiro atoms. The zero-order chi connectivity index (χ0) is 12.4. The second-order valence-electron chi connectivity index (χ2n) is 4.25. The molecule has 0 unspecified atom stereocenters. The highest BCUT2D eigenvalue weighted by Crippen LogP contribution is 2.20. The van der Waals surface area contributed by atoms with Gasteiger partial charge in [0.1, 0.15) is 5.82 Å². The van der Waals surface area contributed by atoms with Crippen LogP contribution in [0.4, 0.5) is 0 Å². The summed E-state index contributed by atoms with van der Waals surface area (Å²) in [6, 6.07) is 12.5. The average Bonchev–Trinajstić information content (AvgIpc) is 2.98. The Morgan fingerprint density at radius 3 is 2.94 bits per heavy atom. The molecule has 3 aromatic rings. The van der Waals surface area contributed by atoms with Crippen LogP contribution in [0.15, 0.2) is 41.8 Å². The zero-order valence-corrected chi connectivity index (χ0v) is 10.9. The molecule has 0 bridgehead atoms. The van der Waals surface area contributed by atoms with Crippen LogP contribution in [-0.4, -0.2) is 15.2 Å². The number of nitrogens with zero attached hydrogens (tertiary/aromatic N) is 2. The molecule has 3 nitrogen and oxygen atoms in total. The minimum absolute atomic E-state index is 0.785. The largest absolute Gasteiger partial charge is 0.262 e. The van der Waals surface area contributed by atoms with Crippen molar-refractivity contribution in [2.45, 2.75) is 13.3 Å². The normalized spacial score (nSPS) is 10.7. The zero-order valence-electron chi connectivity index (χ0n) is 10.1.